The fourth-order valence-corrected chi connectivity index (χ4v) is 5.14. The van der Waals surface area contributed by atoms with Gasteiger partial charge in [-0.25, -0.2) is 0 Å². The Morgan fingerprint density at radius 2 is 2.00 bits per heavy atom. The Morgan fingerprint density at radius 3 is 2.69 bits per heavy atom. The Bertz CT molecular complexity index is 760. The van der Waals surface area contributed by atoms with Crippen LogP contribution in [0.25, 0.3) is 0 Å². The predicted molar refractivity (Wildman–Crippen MR) is 104 cm³/mol. The highest BCUT2D eigenvalue weighted by Crippen LogP contribution is 2.31. The van der Waals surface area contributed by atoms with E-state index >= 15 is 0 Å². The number of methoxy groups -OCH3 is 1. The summed E-state index contributed by atoms with van der Waals surface area (Å²) in [6.07, 6.45) is 1.88. The van der Waals surface area contributed by atoms with Crippen molar-refractivity contribution < 1.29 is 9.53 Å². The van der Waals surface area contributed by atoms with Gasteiger partial charge in [0, 0.05) is 37.7 Å². The summed E-state index contributed by atoms with van der Waals surface area (Å²) in [6, 6.07) is 12.7. The highest BCUT2D eigenvalue weighted by molar-refractivity contribution is 7.10. The van der Waals surface area contributed by atoms with Crippen LogP contribution in [-0.2, 0) is 22.5 Å². The molecule has 4 rings (SSSR count). The number of amides is 1. The minimum atomic E-state index is -0.0919. The van der Waals surface area contributed by atoms with Gasteiger partial charge in [0.1, 0.15) is 0 Å². The third-order valence-corrected chi connectivity index (χ3v) is 6.76. The van der Waals surface area contributed by atoms with Crippen LogP contribution in [0.3, 0.4) is 0 Å². The number of hydrogen-bond acceptors (Lipinski definition) is 4. The molecule has 0 spiro atoms. The Labute approximate surface area is 159 Å². The second kappa shape index (κ2) is 7.51. The van der Waals surface area contributed by atoms with Gasteiger partial charge in [-0.15, -0.1) is 11.3 Å². The average Bonchev–Trinajstić information content (AvgIpc) is 3.25. The van der Waals surface area contributed by atoms with Gasteiger partial charge < -0.3 is 9.64 Å². The molecular formula is C21H26N2O2S. The number of thiophene rings is 1. The largest absolute Gasteiger partial charge is 0.380 e. The molecule has 2 aliphatic heterocycles. The molecule has 1 aromatic heterocycles. The number of aryl methyl sites for hydroxylation is 1. The van der Waals surface area contributed by atoms with E-state index in [1.807, 2.05) is 6.07 Å². The minimum absolute atomic E-state index is 0.0919. The molecule has 3 atom stereocenters. The summed E-state index contributed by atoms with van der Waals surface area (Å²) >= 11 is 1.79. The first-order chi connectivity index (χ1) is 12.7. The Morgan fingerprint density at radius 1 is 1.19 bits per heavy atom. The van der Waals surface area contributed by atoms with Crippen LogP contribution in [0.5, 0.6) is 0 Å². The molecule has 2 fully saturated rings. The number of hydrogen-bond donors (Lipinski definition) is 0. The summed E-state index contributed by atoms with van der Waals surface area (Å²) in [5, 5.41) is 2.14. The fraction of sp³-hybridized carbons (Fsp3) is 0.476. The minimum Gasteiger partial charge on any atom is -0.380 e. The molecule has 2 aliphatic rings. The summed E-state index contributed by atoms with van der Waals surface area (Å²) in [5.74, 6) is 0.263. The maximum atomic E-state index is 13.3. The molecule has 0 N–H and O–H groups in total. The van der Waals surface area contributed by atoms with Crippen LogP contribution in [0.1, 0.15) is 22.4 Å². The van der Waals surface area contributed by atoms with Crippen molar-refractivity contribution in [3.05, 3.63) is 57.8 Å². The van der Waals surface area contributed by atoms with Crippen LogP contribution in [0.15, 0.2) is 41.8 Å². The Balaban J connectivity index is 1.59. The van der Waals surface area contributed by atoms with E-state index in [0.717, 1.165) is 32.5 Å². The zero-order valence-corrected chi connectivity index (χ0v) is 16.2. The molecule has 0 unspecified atom stereocenters. The monoisotopic (exact) mass is 370 g/mol. The number of carbonyl (C=O) groups is 1. The van der Waals surface area contributed by atoms with Gasteiger partial charge >= 0.3 is 0 Å². The van der Waals surface area contributed by atoms with Crippen molar-refractivity contribution >= 4 is 17.2 Å². The van der Waals surface area contributed by atoms with Gasteiger partial charge in [-0.05, 0) is 42.3 Å². The highest BCUT2D eigenvalue weighted by atomic mass is 32.1. The molecular weight excluding hydrogens is 344 g/mol. The second-order valence-electron chi connectivity index (χ2n) is 7.40. The second-order valence-corrected chi connectivity index (χ2v) is 8.40. The predicted octanol–water partition coefficient (Wildman–Crippen LogP) is 3.10. The fourth-order valence-electron chi connectivity index (χ4n) is 4.21. The zero-order chi connectivity index (χ0) is 18.1. The lowest BCUT2D eigenvalue weighted by Crippen LogP contribution is -2.59. The van der Waals surface area contributed by atoms with Crippen LogP contribution < -0.4 is 0 Å². The van der Waals surface area contributed by atoms with E-state index < -0.39 is 0 Å². The first-order valence-electron chi connectivity index (χ1n) is 9.30. The van der Waals surface area contributed by atoms with Gasteiger partial charge in [0.05, 0.1) is 12.1 Å². The molecule has 4 nitrogen and oxygen atoms in total. The number of piperazine rings is 1. The lowest BCUT2D eigenvalue weighted by atomic mass is 9.98. The summed E-state index contributed by atoms with van der Waals surface area (Å²) in [5.41, 5.74) is 2.55. The van der Waals surface area contributed by atoms with E-state index in [1.54, 1.807) is 18.4 Å². The summed E-state index contributed by atoms with van der Waals surface area (Å²) < 4.78 is 5.55. The summed E-state index contributed by atoms with van der Waals surface area (Å²) in [6.45, 7) is 4.68. The van der Waals surface area contributed by atoms with Crippen LogP contribution in [0, 0.1) is 6.92 Å². The number of ether oxygens (including phenoxy) is 1. The van der Waals surface area contributed by atoms with Crippen molar-refractivity contribution in [1.29, 1.82) is 0 Å². The topological polar surface area (TPSA) is 32.8 Å². The van der Waals surface area contributed by atoms with E-state index in [0.29, 0.717) is 0 Å². The van der Waals surface area contributed by atoms with Crippen LogP contribution in [0.4, 0.5) is 0 Å². The number of benzene rings is 1. The molecule has 0 radical (unpaired) electrons. The van der Waals surface area contributed by atoms with E-state index in [1.165, 1.54) is 16.0 Å². The smallest absolute Gasteiger partial charge is 0.240 e. The Hall–Kier alpha value is -1.69. The van der Waals surface area contributed by atoms with Gasteiger partial charge in [-0.3, -0.25) is 9.69 Å². The molecule has 1 amide bonds. The van der Waals surface area contributed by atoms with E-state index in [4.69, 9.17) is 4.74 Å². The summed E-state index contributed by atoms with van der Waals surface area (Å²) in [4.78, 5) is 19.2. The number of nitrogens with zero attached hydrogens (tertiary/aromatic N) is 2. The number of fused-ring (bicyclic) bond motifs is 1. The van der Waals surface area contributed by atoms with Crippen molar-refractivity contribution in [3.63, 3.8) is 0 Å². The Kier molecular flexibility index (Phi) is 5.11. The van der Waals surface area contributed by atoms with Crippen molar-refractivity contribution in [2.45, 2.75) is 44.5 Å². The van der Waals surface area contributed by atoms with Crippen molar-refractivity contribution in [2.75, 3.05) is 20.2 Å². The molecule has 0 aliphatic carbocycles. The molecule has 5 heteroatoms. The van der Waals surface area contributed by atoms with Gasteiger partial charge in [-0.1, -0.05) is 30.3 Å². The standard InChI is InChI=1S/C21H26N2O2S/c1-15-8-9-26-20(15)14-22-12-17-11-18(25-2)13-23(17)21(24)19(22)10-16-6-4-3-5-7-16/h3-9,17-19H,10-14H2,1-2H3/t17-,18-,19-/m0/s1. The molecule has 3 heterocycles. The maximum absolute atomic E-state index is 13.3. The molecule has 0 bridgehead atoms. The molecule has 0 saturated carbocycles. The number of carbonyl (C=O) groups excluding carboxylic acids is 1. The average molecular weight is 371 g/mol. The first-order valence-corrected chi connectivity index (χ1v) is 10.2. The molecule has 2 saturated heterocycles. The van der Waals surface area contributed by atoms with Gasteiger partial charge in [0.25, 0.3) is 0 Å². The van der Waals surface area contributed by atoms with Gasteiger partial charge in [0.15, 0.2) is 0 Å². The molecule has 26 heavy (non-hydrogen) atoms. The third kappa shape index (κ3) is 3.43. The molecule has 138 valence electrons. The first kappa shape index (κ1) is 17.7. The van der Waals surface area contributed by atoms with Gasteiger partial charge in [0.2, 0.25) is 5.91 Å². The lowest BCUT2D eigenvalue weighted by Gasteiger charge is -2.42. The van der Waals surface area contributed by atoms with Gasteiger partial charge in [-0.2, -0.15) is 0 Å². The van der Waals surface area contributed by atoms with Crippen molar-refractivity contribution in [2.24, 2.45) is 0 Å². The molecule has 1 aromatic carbocycles. The lowest BCUT2D eigenvalue weighted by molar-refractivity contribution is -0.144. The highest BCUT2D eigenvalue weighted by Gasteiger charge is 2.45. The van der Waals surface area contributed by atoms with Crippen LogP contribution in [-0.4, -0.2) is 54.1 Å². The van der Waals surface area contributed by atoms with E-state index in [9.17, 15) is 4.79 Å². The van der Waals surface area contributed by atoms with Crippen LogP contribution >= 0.6 is 11.3 Å². The van der Waals surface area contributed by atoms with Crippen molar-refractivity contribution in [3.8, 4) is 0 Å². The normalized spacial score (nSPS) is 26.3. The van der Waals surface area contributed by atoms with E-state index in [-0.39, 0.29) is 24.1 Å². The van der Waals surface area contributed by atoms with Crippen LogP contribution in [0.2, 0.25) is 0 Å². The quantitative estimate of drug-likeness (QED) is 0.811. The molecule has 2 aromatic rings. The third-order valence-electron chi connectivity index (χ3n) is 5.75. The summed E-state index contributed by atoms with van der Waals surface area (Å²) in [7, 11) is 1.75. The number of rotatable bonds is 5. The SMILES string of the molecule is CO[C@H]1C[C@H]2CN(Cc3sccc3C)[C@@H](Cc3ccccc3)C(=O)N2C1. The van der Waals surface area contributed by atoms with E-state index in [2.05, 4.69) is 52.4 Å². The van der Waals surface area contributed by atoms with Crippen molar-refractivity contribution in [1.82, 2.24) is 9.80 Å². The maximum Gasteiger partial charge on any atom is 0.240 e. The zero-order valence-electron chi connectivity index (χ0n) is 15.4.